The third-order valence-corrected chi connectivity index (χ3v) is 4.34. The van der Waals surface area contributed by atoms with Crippen LogP contribution in [0.2, 0.25) is 5.02 Å². The van der Waals surface area contributed by atoms with Crippen LogP contribution in [-0.4, -0.2) is 18.1 Å². The molecule has 0 amide bonds. The van der Waals surface area contributed by atoms with Crippen LogP contribution in [0.3, 0.4) is 0 Å². The highest BCUT2D eigenvalue weighted by atomic mass is 35.5. The van der Waals surface area contributed by atoms with Crippen LogP contribution in [0.5, 0.6) is 0 Å². The Labute approximate surface area is 149 Å². The van der Waals surface area contributed by atoms with E-state index < -0.39 is 5.97 Å². The van der Waals surface area contributed by atoms with E-state index in [0.717, 1.165) is 11.1 Å². The van der Waals surface area contributed by atoms with Crippen LogP contribution in [0.1, 0.15) is 11.1 Å². The minimum Gasteiger partial charge on any atom is -0.403 e. The number of nitrogens with zero attached hydrogens (tertiary/aromatic N) is 1. The molecule has 24 heavy (non-hydrogen) atoms. The third kappa shape index (κ3) is 4.16. The number of carbonyl (C=O) groups excluding carboxylic acids is 1. The van der Waals surface area contributed by atoms with Crippen LogP contribution in [-0.2, 0) is 9.53 Å². The van der Waals surface area contributed by atoms with Crippen LogP contribution < -0.4 is 0 Å². The second-order valence-corrected chi connectivity index (χ2v) is 6.34. The fourth-order valence-electron chi connectivity index (χ4n) is 2.10. The molecular weight excluding hydrogens is 342 g/mol. The smallest absolute Gasteiger partial charge is 0.363 e. The molecule has 0 aromatic heterocycles. The molecule has 1 aliphatic rings. The van der Waals surface area contributed by atoms with Gasteiger partial charge in [0.1, 0.15) is 0 Å². The number of ether oxygens (including phenoxy) is 1. The minimum atomic E-state index is -0.445. The van der Waals surface area contributed by atoms with Gasteiger partial charge in [0.2, 0.25) is 5.90 Å². The summed E-state index contributed by atoms with van der Waals surface area (Å²) in [5.41, 5.74) is 2.15. The largest absolute Gasteiger partial charge is 0.403 e. The van der Waals surface area contributed by atoms with Crippen molar-refractivity contribution in [2.45, 2.75) is 4.90 Å². The lowest BCUT2D eigenvalue weighted by molar-refractivity contribution is -0.129. The van der Waals surface area contributed by atoms with E-state index >= 15 is 0 Å². The molecule has 1 aliphatic heterocycles. The molecule has 0 aliphatic carbocycles. The highest BCUT2D eigenvalue weighted by molar-refractivity contribution is 7.98. The van der Waals surface area contributed by atoms with Crippen molar-refractivity contribution in [2.75, 3.05) is 6.26 Å². The van der Waals surface area contributed by atoms with Crippen molar-refractivity contribution in [3.05, 3.63) is 76.5 Å². The Hall–Kier alpha value is -2.30. The summed E-state index contributed by atoms with van der Waals surface area (Å²) >= 11 is 7.52. The number of hydrogen-bond acceptors (Lipinski definition) is 4. The van der Waals surface area contributed by atoms with E-state index in [1.54, 1.807) is 36.0 Å². The summed E-state index contributed by atoms with van der Waals surface area (Å²) in [6.07, 6.45) is 7.22. The molecule has 5 heteroatoms. The molecule has 0 fully saturated rings. The summed E-state index contributed by atoms with van der Waals surface area (Å²) in [6, 6.07) is 15.2. The molecule has 3 rings (SSSR count). The highest BCUT2D eigenvalue weighted by Crippen LogP contribution is 2.20. The molecule has 0 radical (unpaired) electrons. The van der Waals surface area contributed by atoms with Crippen molar-refractivity contribution in [1.29, 1.82) is 0 Å². The summed E-state index contributed by atoms with van der Waals surface area (Å²) in [4.78, 5) is 17.3. The number of aliphatic imine (C=N–C) groups is 1. The Kier molecular flexibility index (Phi) is 5.18. The third-order valence-electron chi connectivity index (χ3n) is 3.34. The number of esters is 1. The maximum atomic E-state index is 11.9. The van der Waals surface area contributed by atoms with Gasteiger partial charge in [0.15, 0.2) is 5.70 Å². The molecule has 0 atom stereocenters. The van der Waals surface area contributed by atoms with E-state index in [2.05, 4.69) is 4.99 Å². The Morgan fingerprint density at radius 3 is 2.33 bits per heavy atom. The molecule has 0 bridgehead atoms. The topological polar surface area (TPSA) is 38.7 Å². The average Bonchev–Trinajstić information content (AvgIpc) is 2.95. The van der Waals surface area contributed by atoms with Crippen molar-refractivity contribution in [3.63, 3.8) is 0 Å². The average molecular weight is 356 g/mol. The quantitative estimate of drug-likeness (QED) is 0.436. The number of halogens is 1. The van der Waals surface area contributed by atoms with Gasteiger partial charge in [-0.05, 0) is 53.8 Å². The van der Waals surface area contributed by atoms with Gasteiger partial charge >= 0.3 is 5.97 Å². The van der Waals surface area contributed by atoms with Crippen molar-refractivity contribution in [3.8, 4) is 0 Å². The monoisotopic (exact) mass is 355 g/mol. The van der Waals surface area contributed by atoms with Gasteiger partial charge in [-0.15, -0.1) is 11.8 Å². The Balaban J connectivity index is 1.76. The summed E-state index contributed by atoms with van der Waals surface area (Å²) in [5.74, 6) is -0.165. The van der Waals surface area contributed by atoms with Gasteiger partial charge in [0.05, 0.1) is 0 Å². The predicted molar refractivity (Wildman–Crippen MR) is 100 cm³/mol. The van der Waals surface area contributed by atoms with E-state index in [4.69, 9.17) is 16.3 Å². The van der Waals surface area contributed by atoms with Crippen LogP contribution >= 0.6 is 23.4 Å². The summed E-state index contributed by atoms with van der Waals surface area (Å²) in [6.45, 7) is 0. The Bertz CT molecular complexity index is 837. The summed E-state index contributed by atoms with van der Waals surface area (Å²) in [5, 5.41) is 0.675. The van der Waals surface area contributed by atoms with Gasteiger partial charge in [0.25, 0.3) is 0 Å². The van der Waals surface area contributed by atoms with Crippen molar-refractivity contribution >= 4 is 47.4 Å². The lowest BCUT2D eigenvalue weighted by Gasteiger charge is -1.97. The molecule has 0 spiro atoms. The molecular formula is C19H14ClNO2S. The van der Waals surface area contributed by atoms with Gasteiger partial charge in [-0.2, -0.15) is 0 Å². The predicted octanol–water partition coefficient (Wildman–Crippen LogP) is 5.07. The molecule has 120 valence electrons. The maximum Gasteiger partial charge on any atom is 0.363 e. The van der Waals surface area contributed by atoms with Gasteiger partial charge < -0.3 is 4.74 Å². The second-order valence-electron chi connectivity index (χ2n) is 5.03. The SMILES string of the molecule is CSc1ccc(/C=C2N=C(/C=C/c3ccc(Cl)cc3)OC/2=O)cc1. The fourth-order valence-corrected chi connectivity index (χ4v) is 2.63. The van der Waals surface area contributed by atoms with Crippen molar-refractivity contribution in [1.82, 2.24) is 0 Å². The number of benzene rings is 2. The first-order valence-corrected chi connectivity index (χ1v) is 8.84. The first kappa shape index (κ1) is 16.6. The molecule has 2 aromatic carbocycles. The molecule has 0 unspecified atom stereocenters. The maximum absolute atomic E-state index is 11.9. The zero-order chi connectivity index (χ0) is 16.9. The number of carbonyl (C=O) groups is 1. The van der Waals surface area contributed by atoms with Gasteiger partial charge in [-0.1, -0.05) is 35.9 Å². The molecule has 0 saturated heterocycles. The van der Waals surface area contributed by atoms with Crippen LogP contribution in [0.15, 0.2) is 70.2 Å². The summed E-state index contributed by atoms with van der Waals surface area (Å²) in [7, 11) is 0. The first-order chi connectivity index (χ1) is 11.6. The van der Waals surface area contributed by atoms with Crippen molar-refractivity contribution in [2.24, 2.45) is 4.99 Å². The van der Waals surface area contributed by atoms with E-state index in [0.29, 0.717) is 10.7 Å². The van der Waals surface area contributed by atoms with Gasteiger partial charge in [0, 0.05) is 16.0 Å². The van der Waals surface area contributed by atoms with Crippen LogP contribution in [0, 0.1) is 0 Å². The molecule has 1 heterocycles. The normalized spacial score (nSPS) is 15.8. The van der Waals surface area contributed by atoms with E-state index in [9.17, 15) is 4.79 Å². The molecule has 0 N–H and O–H groups in total. The Morgan fingerprint density at radius 1 is 1.00 bits per heavy atom. The van der Waals surface area contributed by atoms with Gasteiger partial charge in [-0.25, -0.2) is 9.79 Å². The first-order valence-electron chi connectivity index (χ1n) is 7.24. The second kappa shape index (κ2) is 7.51. The zero-order valence-electron chi connectivity index (χ0n) is 12.9. The number of rotatable bonds is 4. The number of cyclic esters (lactones) is 1. The van der Waals surface area contributed by atoms with E-state index in [1.165, 1.54) is 4.90 Å². The summed E-state index contributed by atoms with van der Waals surface area (Å²) < 4.78 is 5.16. The van der Waals surface area contributed by atoms with E-state index in [-0.39, 0.29) is 5.90 Å². The lowest BCUT2D eigenvalue weighted by Crippen LogP contribution is -2.01. The number of hydrogen-bond donors (Lipinski definition) is 0. The van der Waals surface area contributed by atoms with Crippen molar-refractivity contribution < 1.29 is 9.53 Å². The molecule has 2 aromatic rings. The lowest BCUT2D eigenvalue weighted by atomic mass is 10.2. The standard InChI is InChI=1S/C19H14ClNO2S/c1-24-16-9-4-14(5-10-16)12-17-19(22)23-18(21-17)11-6-13-2-7-15(20)8-3-13/h2-12H,1H3/b11-6+,17-12+. The molecule has 0 saturated carbocycles. The Morgan fingerprint density at radius 2 is 1.67 bits per heavy atom. The highest BCUT2D eigenvalue weighted by Gasteiger charge is 2.20. The van der Waals surface area contributed by atoms with Crippen LogP contribution in [0.25, 0.3) is 12.2 Å². The minimum absolute atomic E-state index is 0.280. The fraction of sp³-hybridized carbons (Fsp3) is 0.0526. The van der Waals surface area contributed by atoms with Gasteiger partial charge in [-0.3, -0.25) is 0 Å². The molecule has 3 nitrogen and oxygen atoms in total. The van der Waals surface area contributed by atoms with E-state index in [1.807, 2.05) is 48.7 Å². The van der Waals surface area contributed by atoms with Crippen LogP contribution in [0.4, 0.5) is 0 Å². The number of thioether (sulfide) groups is 1. The zero-order valence-corrected chi connectivity index (χ0v) is 14.5.